The highest BCUT2D eigenvalue weighted by Gasteiger charge is 2.22. The predicted molar refractivity (Wildman–Crippen MR) is 57.6 cm³/mol. The molecule has 6 nitrogen and oxygen atoms in total. The van der Waals surface area contributed by atoms with Gasteiger partial charge in [-0.2, -0.15) is 0 Å². The number of hydrogen-bond donors (Lipinski definition) is 3. The van der Waals surface area contributed by atoms with Crippen molar-refractivity contribution in [2.24, 2.45) is 5.11 Å². The molecule has 8 heteroatoms. The van der Waals surface area contributed by atoms with Gasteiger partial charge in [-0.15, -0.1) is 0 Å². The summed E-state index contributed by atoms with van der Waals surface area (Å²) in [5.74, 6) is -3.17. The van der Waals surface area contributed by atoms with E-state index in [0.717, 1.165) is 0 Å². The zero-order valence-corrected chi connectivity index (χ0v) is 9.16. The molecule has 0 aliphatic carbocycles. The average Bonchev–Trinajstić information content (AvgIpc) is 2.33. The number of hydrogen-bond acceptors (Lipinski definition) is 4. The van der Waals surface area contributed by atoms with Crippen LogP contribution in [0, 0.1) is 11.6 Å². The van der Waals surface area contributed by atoms with Crippen LogP contribution < -0.4 is 0 Å². The Morgan fingerprint density at radius 3 is 2.50 bits per heavy atom. The molecule has 0 spiro atoms. The maximum atomic E-state index is 12.9. The first-order chi connectivity index (χ1) is 8.47. The lowest BCUT2D eigenvalue weighted by Gasteiger charge is -2.18. The van der Waals surface area contributed by atoms with E-state index in [2.05, 4.69) is 10.0 Å². The minimum atomic E-state index is -1.60. The quantitative estimate of drug-likeness (QED) is 0.425. The number of phenolic OH excluding ortho intramolecular Hbond substituents is 1. The summed E-state index contributed by atoms with van der Waals surface area (Å²) in [6.07, 6.45) is -3.05. The Bertz CT molecular complexity index is 478. The van der Waals surface area contributed by atoms with Crippen molar-refractivity contribution >= 4 is 0 Å². The van der Waals surface area contributed by atoms with Crippen molar-refractivity contribution in [2.45, 2.75) is 18.6 Å². The molecule has 1 aromatic rings. The zero-order valence-electron chi connectivity index (χ0n) is 9.16. The maximum Gasteiger partial charge on any atom is 0.162 e. The second kappa shape index (κ2) is 6.15. The molecule has 3 N–H and O–H groups in total. The highest BCUT2D eigenvalue weighted by atomic mass is 19.2. The van der Waals surface area contributed by atoms with Crippen molar-refractivity contribution in [3.05, 3.63) is 39.8 Å². The summed E-state index contributed by atoms with van der Waals surface area (Å²) in [5.41, 5.74) is 7.70. The van der Waals surface area contributed by atoms with Crippen LogP contribution in [0.15, 0.2) is 17.2 Å². The minimum absolute atomic E-state index is 0.0703. The average molecular weight is 259 g/mol. The number of benzene rings is 1. The van der Waals surface area contributed by atoms with Gasteiger partial charge < -0.3 is 15.3 Å². The van der Waals surface area contributed by atoms with Crippen LogP contribution in [-0.4, -0.2) is 28.0 Å². The second-order valence-electron chi connectivity index (χ2n) is 3.58. The zero-order chi connectivity index (χ0) is 13.7. The van der Waals surface area contributed by atoms with E-state index in [-0.39, 0.29) is 18.5 Å². The number of rotatable bonds is 5. The largest absolute Gasteiger partial charge is 0.507 e. The van der Waals surface area contributed by atoms with E-state index in [1.165, 1.54) is 0 Å². The van der Waals surface area contributed by atoms with Crippen molar-refractivity contribution in [3.8, 4) is 5.75 Å². The Balaban J connectivity index is 2.85. The lowest BCUT2D eigenvalue weighted by molar-refractivity contribution is 0.0135. The molecule has 1 rings (SSSR count). The smallest absolute Gasteiger partial charge is 0.162 e. The number of aromatic hydroxyl groups is 1. The van der Waals surface area contributed by atoms with Crippen molar-refractivity contribution < 1.29 is 24.1 Å². The van der Waals surface area contributed by atoms with Crippen LogP contribution in [-0.2, 0) is 0 Å². The molecule has 0 radical (unpaired) electrons. The van der Waals surface area contributed by atoms with Gasteiger partial charge in [0.2, 0.25) is 0 Å². The fourth-order valence-electron chi connectivity index (χ4n) is 1.39. The van der Waals surface area contributed by atoms with Gasteiger partial charge in [0.15, 0.2) is 11.6 Å². The fourth-order valence-corrected chi connectivity index (χ4v) is 1.39. The Morgan fingerprint density at radius 1 is 1.28 bits per heavy atom. The summed E-state index contributed by atoms with van der Waals surface area (Å²) in [5, 5.41) is 31.7. The number of aliphatic hydroxyl groups is 2. The van der Waals surface area contributed by atoms with Crippen molar-refractivity contribution in [1.82, 2.24) is 0 Å². The summed E-state index contributed by atoms with van der Waals surface area (Å²) in [7, 11) is 0. The molecule has 0 fully saturated rings. The molecular formula is C10H11F2N3O3. The molecule has 1 aromatic carbocycles. The van der Waals surface area contributed by atoms with Crippen molar-refractivity contribution in [2.75, 3.05) is 6.54 Å². The molecule has 18 heavy (non-hydrogen) atoms. The molecule has 0 aliphatic rings. The first-order valence-corrected chi connectivity index (χ1v) is 5.02. The van der Waals surface area contributed by atoms with E-state index in [9.17, 15) is 24.1 Å². The van der Waals surface area contributed by atoms with E-state index >= 15 is 0 Å². The van der Waals surface area contributed by atoms with Crippen LogP contribution in [0.5, 0.6) is 5.75 Å². The molecule has 2 atom stereocenters. The van der Waals surface area contributed by atoms with Crippen LogP contribution in [0.3, 0.4) is 0 Å². The van der Waals surface area contributed by atoms with Crippen LogP contribution in [0.1, 0.15) is 18.1 Å². The van der Waals surface area contributed by atoms with E-state index in [1.54, 1.807) is 0 Å². The Hall–Kier alpha value is -1.89. The van der Waals surface area contributed by atoms with Gasteiger partial charge in [0.1, 0.15) is 11.9 Å². The van der Waals surface area contributed by atoms with Crippen molar-refractivity contribution in [1.29, 1.82) is 0 Å². The third kappa shape index (κ3) is 3.30. The molecular weight excluding hydrogens is 248 g/mol. The molecule has 98 valence electrons. The standard InChI is InChI=1S/C10H11F2N3O3/c11-6-3-5(9(17)4-7(6)12)10(18)8(16)1-2-14-15-13/h3-4,8,10,16-18H,1-2H2. The van der Waals surface area contributed by atoms with Crippen LogP contribution in [0.4, 0.5) is 8.78 Å². The van der Waals surface area contributed by atoms with E-state index in [1.807, 2.05) is 0 Å². The molecule has 0 bridgehead atoms. The fraction of sp³-hybridized carbons (Fsp3) is 0.400. The molecule has 0 aromatic heterocycles. The second-order valence-corrected chi connectivity index (χ2v) is 3.58. The lowest BCUT2D eigenvalue weighted by atomic mass is 10.0. The van der Waals surface area contributed by atoms with Gasteiger partial charge in [-0.05, 0) is 18.0 Å². The molecule has 0 heterocycles. The predicted octanol–water partition coefficient (Wildman–Crippen LogP) is 1.77. The summed E-state index contributed by atoms with van der Waals surface area (Å²) in [6.45, 7) is -0.0703. The number of aliphatic hydroxyl groups excluding tert-OH is 2. The maximum absolute atomic E-state index is 12.9. The molecule has 2 unspecified atom stereocenters. The van der Waals surface area contributed by atoms with Gasteiger partial charge in [-0.3, -0.25) is 0 Å². The van der Waals surface area contributed by atoms with Crippen LogP contribution in [0.25, 0.3) is 10.4 Å². The highest BCUT2D eigenvalue weighted by Crippen LogP contribution is 2.29. The summed E-state index contributed by atoms with van der Waals surface area (Å²) in [4.78, 5) is 2.46. The monoisotopic (exact) mass is 259 g/mol. The molecule has 0 aliphatic heterocycles. The molecule has 0 saturated heterocycles. The topological polar surface area (TPSA) is 109 Å². The van der Waals surface area contributed by atoms with Gasteiger partial charge in [0.05, 0.1) is 6.10 Å². The lowest BCUT2D eigenvalue weighted by Crippen LogP contribution is -2.19. The minimum Gasteiger partial charge on any atom is -0.507 e. The van der Waals surface area contributed by atoms with Gasteiger partial charge in [-0.1, -0.05) is 5.11 Å². The van der Waals surface area contributed by atoms with Gasteiger partial charge >= 0.3 is 0 Å². The van der Waals surface area contributed by atoms with E-state index < -0.39 is 29.6 Å². The first-order valence-electron chi connectivity index (χ1n) is 5.02. The number of azide groups is 1. The van der Waals surface area contributed by atoms with Gasteiger partial charge in [0.25, 0.3) is 0 Å². The van der Waals surface area contributed by atoms with Gasteiger partial charge in [-0.25, -0.2) is 8.78 Å². The number of nitrogens with zero attached hydrogens (tertiary/aromatic N) is 3. The summed E-state index contributed by atoms with van der Waals surface area (Å²) in [6, 6.07) is 1.11. The molecule has 0 saturated carbocycles. The van der Waals surface area contributed by atoms with E-state index in [0.29, 0.717) is 12.1 Å². The van der Waals surface area contributed by atoms with E-state index in [4.69, 9.17) is 5.53 Å². The summed E-state index contributed by atoms with van der Waals surface area (Å²) >= 11 is 0. The Labute approximate surface area is 101 Å². The van der Waals surface area contributed by atoms with Crippen LogP contribution >= 0.6 is 0 Å². The summed E-state index contributed by atoms with van der Waals surface area (Å²) < 4.78 is 25.7. The Kier molecular flexibility index (Phi) is 4.85. The SMILES string of the molecule is [N-]=[N+]=NCCC(O)C(O)c1cc(F)c(F)cc1O. The third-order valence-corrected chi connectivity index (χ3v) is 2.34. The Morgan fingerprint density at radius 2 is 1.89 bits per heavy atom. The van der Waals surface area contributed by atoms with Crippen LogP contribution in [0.2, 0.25) is 0 Å². The van der Waals surface area contributed by atoms with Crippen molar-refractivity contribution in [3.63, 3.8) is 0 Å². The first kappa shape index (κ1) is 14.2. The molecule has 0 amide bonds. The van der Waals surface area contributed by atoms with Gasteiger partial charge in [0, 0.05) is 23.1 Å². The number of phenols is 1. The normalized spacial score (nSPS) is 13.8. The third-order valence-electron chi connectivity index (χ3n) is 2.34. The highest BCUT2D eigenvalue weighted by molar-refractivity contribution is 5.35. The number of halogens is 2.